The summed E-state index contributed by atoms with van der Waals surface area (Å²) in [5.74, 6) is 0.563. The van der Waals surface area contributed by atoms with E-state index in [2.05, 4.69) is 17.2 Å². The number of halogens is 1. The number of fused-ring (bicyclic) bond motifs is 1. The number of benzene rings is 1. The van der Waals surface area contributed by atoms with Crippen molar-refractivity contribution in [3.63, 3.8) is 0 Å². The zero-order chi connectivity index (χ0) is 16.4. The molecule has 0 aliphatic carbocycles. The van der Waals surface area contributed by atoms with Crippen molar-refractivity contribution in [1.82, 2.24) is 4.98 Å². The quantitative estimate of drug-likeness (QED) is 0.826. The Kier molecular flexibility index (Phi) is 4.73. The van der Waals surface area contributed by atoms with Gasteiger partial charge in [-0.2, -0.15) is 0 Å². The predicted molar refractivity (Wildman–Crippen MR) is 94.9 cm³/mol. The van der Waals surface area contributed by atoms with Crippen LogP contribution in [0, 0.1) is 0 Å². The van der Waals surface area contributed by atoms with Crippen molar-refractivity contribution < 1.29 is 9.53 Å². The number of anilines is 2. The predicted octanol–water partition coefficient (Wildman–Crippen LogP) is 4.03. The van der Waals surface area contributed by atoms with Crippen LogP contribution in [0.4, 0.5) is 10.8 Å². The second kappa shape index (κ2) is 6.76. The van der Waals surface area contributed by atoms with E-state index in [0.717, 1.165) is 35.8 Å². The SMILES string of the molecule is CCCCNc1nc(-c2cc(Cl)cc3c2OCC(=O)N3C)cs1. The van der Waals surface area contributed by atoms with E-state index in [1.54, 1.807) is 29.4 Å². The lowest BCUT2D eigenvalue weighted by Crippen LogP contribution is -2.35. The van der Waals surface area contributed by atoms with Crippen molar-refractivity contribution in [2.45, 2.75) is 19.8 Å². The van der Waals surface area contributed by atoms with E-state index in [1.807, 2.05) is 11.4 Å². The lowest BCUT2D eigenvalue weighted by molar-refractivity contribution is -0.120. The molecule has 23 heavy (non-hydrogen) atoms. The van der Waals surface area contributed by atoms with Gasteiger partial charge in [0.15, 0.2) is 17.5 Å². The maximum absolute atomic E-state index is 11.8. The molecule has 122 valence electrons. The first-order valence-corrected chi connectivity index (χ1v) is 8.78. The van der Waals surface area contributed by atoms with E-state index in [-0.39, 0.29) is 12.5 Å². The number of nitrogens with zero attached hydrogens (tertiary/aromatic N) is 2. The second-order valence-corrected chi connectivity index (χ2v) is 6.66. The first kappa shape index (κ1) is 16.1. The molecular weight excluding hydrogens is 334 g/mol. The fourth-order valence-electron chi connectivity index (χ4n) is 2.39. The summed E-state index contributed by atoms with van der Waals surface area (Å²) in [6.45, 7) is 3.09. The van der Waals surface area contributed by atoms with Gasteiger partial charge in [-0.05, 0) is 18.6 Å². The van der Waals surface area contributed by atoms with Crippen LogP contribution in [0.2, 0.25) is 5.02 Å². The molecular formula is C16H18ClN3O2S. The molecule has 0 bridgehead atoms. The zero-order valence-corrected chi connectivity index (χ0v) is 14.6. The molecule has 2 heterocycles. The highest BCUT2D eigenvalue weighted by Crippen LogP contribution is 2.43. The Morgan fingerprint density at radius 1 is 1.48 bits per heavy atom. The molecule has 7 heteroatoms. The van der Waals surface area contributed by atoms with E-state index in [0.29, 0.717) is 16.5 Å². The first-order chi connectivity index (χ1) is 11.1. The molecule has 0 saturated heterocycles. The fourth-order valence-corrected chi connectivity index (χ4v) is 3.34. The van der Waals surface area contributed by atoms with Gasteiger partial charge in [0, 0.05) is 29.6 Å². The number of thiazole rings is 1. The third-order valence-electron chi connectivity index (χ3n) is 3.70. The Balaban J connectivity index is 1.94. The van der Waals surface area contributed by atoms with Gasteiger partial charge in [-0.25, -0.2) is 4.98 Å². The molecule has 0 spiro atoms. The largest absolute Gasteiger partial charge is 0.481 e. The van der Waals surface area contributed by atoms with Gasteiger partial charge in [0.25, 0.3) is 5.91 Å². The Labute approximate surface area is 144 Å². The smallest absolute Gasteiger partial charge is 0.264 e. The van der Waals surface area contributed by atoms with Gasteiger partial charge < -0.3 is 15.0 Å². The van der Waals surface area contributed by atoms with Crippen molar-refractivity contribution in [3.05, 3.63) is 22.5 Å². The molecule has 2 aromatic rings. The second-order valence-electron chi connectivity index (χ2n) is 5.36. The number of amides is 1. The number of hydrogen-bond donors (Lipinski definition) is 1. The van der Waals surface area contributed by atoms with Crippen LogP contribution >= 0.6 is 22.9 Å². The lowest BCUT2D eigenvalue weighted by Gasteiger charge is -2.27. The van der Waals surface area contributed by atoms with Gasteiger partial charge in [-0.15, -0.1) is 11.3 Å². The fraction of sp³-hybridized carbons (Fsp3) is 0.375. The average molecular weight is 352 g/mol. The van der Waals surface area contributed by atoms with Crippen LogP contribution in [0.5, 0.6) is 5.75 Å². The highest BCUT2D eigenvalue weighted by molar-refractivity contribution is 7.14. The third kappa shape index (κ3) is 3.28. The molecule has 1 aliphatic rings. The number of carbonyl (C=O) groups is 1. The minimum absolute atomic E-state index is 0.0316. The molecule has 1 N–H and O–H groups in total. The van der Waals surface area contributed by atoms with Crippen LogP contribution in [0.15, 0.2) is 17.5 Å². The number of aromatic nitrogens is 1. The first-order valence-electron chi connectivity index (χ1n) is 7.52. The molecule has 0 radical (unpaired) electrons. The molecule has 1 amide bonds. The standard InChI is InChI=1S/C16H18ClN3O2S/c1-3-4-5-18-16-19-12(9-23-16)11-6-10(17)7-13-15(11)22-8-14(21)20(13)2/h6-7,9H,3-5,8H2,1-2H3,(H,18,19). The summed E-state index contributed by atoms with van der Waals surface area (Å²) in [5.41, 5.74) is 2.29. The van der Waals surface area contributed by atoms with E-state index < -0.39 is 0 Å². The van der Waals surface area contributed by atoms with Crippen LogP contribution in [-0.2, 0) is 4.79 Å². The van der Waals surface area contributed by atoms with Crippen LogP contribution in [0.25, 0.3) is 11.3 Å². The highest BCUT2D eigenvalue weighted by Gasteiger charge is 2.26. The number of carbonyl (C=O) groups excluding carboxylic acids is 1. The molecule has 0 saturated carbocycles. The minimum Gasteiger partial charge on any atom is -0.481 e. The van der Waals surface area contributed by atoms with Gasteiger partial charge in [0.05, 0.1) is 11.4 Å². The average Bonchev–Trinajstić information content (AvgIpc) is 3.00. The van der Waals surface area contributed by atoms with E-state index in [9.17, 15) is 4.79 Å². The molecule has 3 rings (SSSR count). The number of likely N-dealkylation sites (N-methyl/N-ethyl adjacent to an activating group) is 1. The van der Waals surface area contributed by atoms with Crippen LogP contribution in [0.3, 0.4) is 0 Å². The Morgan fingerprint density at radius 2 is 2.30 bits per heavy atom. The van der Waals surface area contributed by atoms with Crippen molar-refractivity contribution in [1.29, 1.82) is 0 Å². The summed E-state index contributed by atoms with van der Waals surface area (Å²) in [4.78, 5) is 18.0. The molecule has 1 aromatic heterocycles. The lowest BCUT2D eigenvalue weighted by atomic mass is 10.1. The van der Waals surface area contributed by atoms with Gasteiger partial charge in [0.2, 0.25) is 0 Å². The Bertz CT molecular complexity index is 732. The van der Waals surface area contributed by atoms with Crippen molar-refractivity contribution in [2.24, 2.45) is 0 Å². The molecule has 5 nitrogen and oxygen atoms in total. The minimum atomic E-state index is -0.0917. The maximum atomic E-state index is 11.8. The van der Waals surface area contributed by atoms with Crippen LogP contribution < -0.4 is 15.0 Å². The summed E-state index contributed by atoms with van der Waals surface area (Å²) in [7, 11) is 1.72. The molecule has 0 fully saturated rings. The summed E-state index contributed by atoms with van der Waals surface area (Å²) in [6, 6.07) is 3.57. The van der Waals surface area contributed by atoms with Crippen LogP contribution in [0.1, 0.15) is 19.8 Å². The van der Waals surface area contributed by atoms with Gasteiger partial charge >= 0.3 is 0 Å². The number of ether oxygens (including phenoxy) is 1. The maximum Gasteiger partial charge on any atom is 0.264 e. The molecule has 1 aromatic carbocycles. The highest BCUT2D eigenvalue weighted by atomic mass is 35.5. The van der Waals surface area contributed by atoms with Crippen molar-refractivity contribution in [2.75, 3.05) is 30.4 Å². The Hall–Kier alpha value is -1.79. The summed E-state index contributed by atoms with van der Waals surface area (Å²) in [5, 5.41) is 6.72. The van der Waals surface area contributed by atoms with Gasteiger partial charge in [-0.1, -0.05) is 24.9 Å². The molecule has 1 aliphatic heterocycles. The summed E-state index contributed by atoms with van der Waals surface area (Å²) in [6.07, 6.45) is 2.25. The van der Waals surface area contributed by atoms with Gasteiger partial charge in [-0.3, -0.25) is 4.79 Å². The van der Waals surface area contributed by atoms with E-state index in [4.69, 9.17) is 16.3 Å². The normalized spacial score (nSPS) is 13.7. The number of hydrogen-bond acceptors (Lipinski definition) is 5. The van der Waals surface area contributed by atoms with Crippen molar-refractivity contribution in [3.8, 4) is 17.0 Å². The third-order valence-corrected chi connectivity index (χ3v) is 4.71. The topological polar surface area (TPSA) is 54.5 Å². The van der Waals surface area contributed by atoms with E-state index >= 15 is 0 Å². The number of rotatable bonds is 5. The molecule has 0 unspecified atom stereocenters. The van der Waals surface area contributed by atoms with E-state index in [1.165, 1.54) is 0 Å². The number of unbranched alkanes of at least 4 members (excludes halogenated alkanes) is 1. The summed E-state index contributed by atoms with van der Waals surface area (Å²) >= 11 is 7.77. The zero-order valence-electron chi connectivity index (χ0n) is 13.1. The molecule has 0 atom stereocenters. The van der Waals surface area contributed by atoms with Crippen molar-refractivity contribution >= 4 is 39.7 Å². The van der Waals surface area contributed by atoms with Crippen LogP contribution in [-0.4, -0.2) is 31.1 Å². The number of nitrogens with one attached hydrogen (secondary N) is 1. The summed E-state index contributed by atoms with van der Waals surface area (Å²) < 4.78 is 5.65. The van der Waals surface area contributed by atoms with Gasteiger partial charge in [0.1, 0.15) is 0 Å². The Morgan fingerprint density at radius 3 is 3.09 bits per heavy atom. The monoisotopic (exact) mass is 351 g/mol.